The van der Waals surface area contributed by atoms with Crippen LogP contribution in [0.1, 0.15) is 0 Å². The average Bonchev–Trinajstić information content (AvgIpc) is 3.64. The molecule has 2 aromatic heterocycles. The number of fused-ring (bicyclic) bond motifs is 5. The number of nitrogens with zero attached hydrogens (tertiary/aromatic N) is 4. The molecule has 0 saturated carbocycles. The molecule has 0 N–H and O–H groups in total. The molecule has 0 radical (unpaired) electrons. The molecule has 5 heteroatoms. The summed E-state index contributed by atoms with van der Waals surface area (Å²) in [4.78, 5) is 17.6. The second-order valence-electron chi connectivity index (χ2n) is 13.3. The molecule has 0 saturated heterocycles. The second-order valence-corrected chi connectivity index (χ2v) is 13.3. The highest BCUT2D eigenvalue weighted by Gasteiger charge is 2.21. The Kier molecular flexibility index (Phi) is 7.73. The van der Waals surface area contributed by atoms with E-state index in [9.17, 15) is 0 Å². The second kappa shape index (κ2) is 13.3. The fourth-order valence-corrected chi connectivity index (χ4v) is 7.31. The molecule has 5 nitrogen and oxygen atoms in total. The topological polar surface area (TPSA) is 55.1 Å². The Labute approximate surface area is 312 Å². The number of hydrogen-bond acceptors (Lipinski definition) is 5. The fraction of sp³-hybridized carbons (Fsp3) is 0. The Bertz CT molecular complexity index is 2810. The van der Waals surface area contributed by atoms with Gasteiger partial charge in [0.2, 0.25) is 0 Å². The molecule has 0 amide bonds. The van der Waals surface area contributed by atoms with Crippen LogP contribution in [0.15, 0.2) is 199 Å². The summed E-state index contributed by atoms with van der Waals surface area (Å²) in [5.74, 6) is 1.81. The summed E-state index contributed by atoms with van der Waals surface area (Å²) in [6, 6.07) is 66.8. The van der Waals surface area contributed by atoms with Crippen LogP contribution in [0.3, 0.4) is 0 Å². The predicted octanol–water partition coefficient (Wildman–Crippen LogP) is 13.1. The highest BCUT2D eigenvalue weighted by molar-refractivity contribution is 6.19. The van der Waals surface area contributed by atoms with E-state index >= 15 is 0 Å². The van der Waals surface area contributed by atoms with Gasteiger partial charge in [-0.3, -0.25) is 0 Å². The quantitative estimate of drug-likeness (QED) is 0.166. The number of hydrogen-bond donors (Lipinski definition) is 0. The minimum atomic E-state index is 0.585. The van der Waals surface area contributed by atoms with E-state index in [0.29, 0.717) is 17.5 Å². The molecule has 0 spiro atoms. The van der Waals surface area contributed by atoms with Crippen molar-refractivity contribution in [3.05, 3.63) is 194 Å². The lowest BCUT2D eigenvalue weighted by atomic mass is 9.97. The van der Waals surface area contributed by atoms with Gasteiger partial charge in [-0.2, -0.15) is 0 Å². The van der Waals surface area contributed by atoms with E-state index in [4.69, 9.17) is 19.4 Å². The SMILES string of the molecule is c1ccc(-c2nc(-c3ccccc3)nc(-c3cc(-c4ccc(N(c5ccccc5)c5ccccc5)cc4)cc4oc5c6ccccc6ccc5c34)n2)cc1. The van der Waals surface area contributed by atoms with Crippen molar-refractivity contribution in [1.82, 2.24) is 15.0 Å². The summed E-state index contributed by atoms with van der Waals surface area (Å²) in [7, 11) is 0. The van der Waals surface area contributed by atoms with Gasteiger partial charge in [0, 0.05) is 49.9 Å². The number of para-hydroxylation sites is 2. The minimum absolute atomic E-state index is 0.585. The van der Waals surface area contributed by atoms with Gasteiger partial charge in [-0.15, -0.1) is 0 Å². The first-order chi connectivity index (χ1) is 26.8. The highest BCUT2D eigenvalue weighted by atomic mass is 16.3. The van der Waals surface area contributed by atoms with E-state index in [1.165, 1.54) is 0 Å². The van der Waals surface area contributed by atoms with Gasteiger partial charge in [0.25, 0.3) is 0 Å². The van der Waals surface area contributed by atoms with Gasteiger partial charge < -0.3 is 9.32 Å². The summed E-state index contributed by atoms with van der Waals surface area (Å²) in [6.45, 7) is 0. The number of aromatic nitrogens is 3. The van der Waals surface area contributed by atoms with Gasteiger partial charge in [0.1, 0.15) is 11.2 Å². The third kappa shape index (κ3) is 5.65. The molecule has 0 atom stereocenters. The smallest absolute Gasteiger partial charge is 0.164 e. The van der Waals surface area contributed by atoms with Crippen molar-refractivity contribution in [3.8, 4) is 45.3 Å². The first kappa shape index (κ1) is 31.4. The van der Waals surface area contributed by atoms with E-state index in [1.807, 2.05) is 72.8 Å². The van der Waals surface area contributed by atoms with Gasteiger partial charge in [-0.05, 0) is 71.1 Å². The van der Waals surface area contributed by atoms with Crippen molar-refractivity contribution >= 4 is 49.8 Å². The largest absolute Gasteiger partial charge is 0.455 e. The maximum atomic E-state index is 6.82. The molecule has 10 rings (SSSR count). The summed E-state index contributed by atoms with van der Waals surface area (Å²) in [5.41, 5.74) is 9.64. The Morgan fingerprint density at radius 2 is 0.889 bits per heavy atom. The van der Waals surface area contributed by atoms with Crippen LogP contribution in [-0.4, -0.2) is 15.0 Å². The number of rotatable bonds is 7. The predicted molar refractivity (Wildman–Crippen MR) is 221 cm³/mol. The molecule has 54 heavy (non-hydrogen) atoms. The maximum absolute atomic E-state index is 6.82. The maximum Gasteiger partial charge on any atom is 0.164 e. The summed E-state index contributed by atoms with van der Waals surface area (Å²) in [6.07, 6.45) is 0. The molecule has 0 aliphatic carbocycles. The van der Waals surface area contributed by atoms with Crippen LogP contribution >= 0.6 is 0 Å². The average molecular weight is 693 g/mol. The summed E-state index contributed by atoms with van der Waals surface area (Å²) in [5, 5.41) is 4.18. The van der Waals surface area contributed by atoms with Crippen molar-refractivity contribution in [1.29, 1.82) is 0 Å². The van der Waals surface area contributed by atoms with Crippen molar-refractivity contribution in [2.45, 2.75) is 0 Å². The van der Waals surface area contributed by atoms with Gasteiger partial charge in [0.15, 0.2) is 17.5 Å². The Morgan fingerprint density at radius 3 is 1.50 bits per heavy atom. The molecule has 0 bridgehead atoms. The van der Waals surface area contributed by atoms with Crippen LogP contribution in [0.25, 0.3) is 78.0 Å². The van der Waals surface area contributed by atoms with Crippen LogP contribution in [0.2, 0.25) is 0 Å². The number of furan rings is 1. The van der Waals surface area contributed by atoms with E-state index in [1.54, 1.807) is 0 Å². The fourth-order valence-electron chi connectivity index (χ4n) is 7.31. The third-order valence-corrected chi connectivity index (χ3v) is 9.89. The first-order valence-corrected chi connectivity index (χ1v) is 18.0. The van der Waals surface area contributed by atoms with Gasteiger partial charge in [-0.25, -0.2) is 15.0 Å². The van der Waals surface area contributed by atoms with Crippen LogP contribution in [-0.2, 0) is 0 Å². The zero-order valence-corrected chi connectivity index (χ0v) is 29.2. The molecule has 8 aromatic carbocycles. The van der Waals surface area contributed by atoms with Crippen molar-refractivity contribution < 1.29 is 4.42 Å². The van der Waals surface area contributed by atoms with Gasteiger partial charge >= 0.3 is 0 Å². The van der Waals surface area contributed by atoms with E-state index in [0.717, 1.165) is 77.6 Å². The van der Waals surface area contributed by atoms with Crippen molar-refractivity contribution in [3.63, 3.8) is 0 Å². The molecule has 0 aliphatic heterocycles. The molecular formula is C49H32N4O. The number of benzene rings is 8. The van der Waals surface area contributed by atoms with Gasteiger partial charge in [-0.1, -0.05) is 140 Å². The molecule has 0 fully saturated rings. The van der Waals surface area contributed by atoms with E-state index in [2.05, 4.69) is 126 Å². The lowest BCUT2D eigenvalue weighted by Gasteiger charge is -2.25. The Balaban J connectivity index is 1.19. The lowest BCUT2D eigenvalue weighted by molar-refractivity contribution is 0.673. The monoisotopic (exact) mass is 692 g/mol. The van der Waals surface area contributed by atoms with Crippen LogP contribution in [0, 0.1) is 0 Å². The molecular weight excluding hydrogens is 661 g/mol. The zero-order chi connectivity index (χ0) is 35.8. The summed E-state index contributed by atoms with van der Waals surface area (Å²) < 4.78 is 6.82. The molecule has 0 unspecified atom stereocenters. The Morgan fingerprint density at radius 1 is 0.370 bits per heavy atom. The van der Waals surface area contributed by atoms with Crippen molar-refractivity contribution in [2.75, 3.05) is 4.90 Å². The Hall–Kier alpha value is -7.37. The normalized spacial score (nSPS) is 11.3. The van der Waals surface area contributed by atoms with Crippen LogP contribution < -0.4 is 4.90 Å². The molecule has 2 heterocycles. The van der Waals surface area contributed by atoms with Crippen molar-refractivity contribution in [2.24, 2.45) is 0 Å². The molecule has 10 aromatic rings. The highest BCUT2D eigenvalue weighted by Crippen LogP contribution is 2.43. The molecule has 0 aliphatic rings. The standard InChI is InChI=1S/C49H32N4O/c1-5-16-35(17-6-1)47-50-48(36-18-7-2-8-19-36)52-49(51-47)43-31-37(32-44-45(43)42-30-27-34-15-13-14-24-41(34)46(42)54-44)33-25-28-40(29-26-33)53(38-20-9-3-10-21-38)39-22-11-4-12-23-39/h1-32H. The van der Waals surface area contributed by atoms with Crippen LogP contribution in [0.5, 0.6) is 0 Å². The first-order valence-electron chi connectivity index (χ1n) is 18.0. The number of anilines is 3. The van der Waals surface area contributed by atoms with E-state index < -0.39 is 0 Å². The third-order valence-electron chi connectivity index (χ3n) is 9.89. The lowest BCUT2D eigenvalue weighted by Crippen LogP contribution is -2.09. The molecule has 254 valence electrons. The van der Waals surface area contributed by atoms with Crippen LogP contribution in [0.4, 0.5) is 17.1 Å². The van der Waals surface area contributed by atoms with Gasteiger partial charge in [0.05, 0.1) is 0 Å². The minimum Gasteiger partial charge on any atom is -0.455 e. The summed E-state index contributed by atoms with van der Waals surface area (Å²) >= 11 is 0. The zero-order valence-electron chi connectivity index (χ0n) is 29.2. The van der Waals surface area contributed by atoms with E-state index in [-0.39, 0.29) is 0 Å².